The van der Waals surface area contributed by atoms with Gasteiger partial charge >= 0.3 is 6.03 Å². The maximum atomic E-state index is 12.5. The van der Waals surface area contributed by atoms with Crippen LogP contribution in [-0.2, 0) is 9.59 Å². The molecule has 0 bridgehead atoms. The van der Waals surface area contributed by atoms with E-state index in [0.29, 0.717) is 13.0 Å². The molecule has 1 saturated heterocycles. The van der Waals surface area contributed by atoms with Crippen molar-refractivity contribution in [2.45, 2.75) is 81.7 Å². The van der Waals surface area contributed by atoms with Crippen molar-refractivity contribution in [1.29, 1.82) is 0 Å². The van der Waals surface area contributed by atoms with Gasteiger partial charge in [-0.3, -0.25) is 9.59 Å². The zero-order chi connectivity index (χ0) is 20.1. The number of carbonyl (C=O) groups is 3. The number of rotatable bonds is 4. The van der Waals surface area contributed by atoms with Gasteiger partial charge in [-0.25, -0.2) is 4.79 Å². The van der Waals surface area contributed by atoms with Gasteiger partial charge in [-0.2, -0.15) is 0 Å². The van der Waals surface area contributed by atoms with Crippen LogP contribution in [0.4, 0.5) is 4.79 Å². The monoisotopic (exact) mass is 394 g/mol. The van der Waals surface area contributed by atoms with Crippen LogP contribution in [0.25, 0.3) is 0 Å². The number of nitrogens with one attached hydrogen (secondary N) is 4. The molecule has 4 amide bonds. The molecule has 156 valence electrons. The molecule has 0 aromatic rings. The number of aliphatic hydroxyl groups excluding tert-OH is 2. The zero-order valence-electron chi connectivity index (χ0n) is 15.9. The maximum absolute atomic E-state index is 12.5. The Morgan fingerprint density at radius 1 is 1.00 bits per heavy atom. The van der Waals surface area contributed by atoms with E-state index in [1.165, 1.54) is 12.5 Å². The van der Waals surface area contributed by atoms with Gasteiger partial charge in [-0.15, -0.1) is 0 Å². The van der Waals surface area contributed by atoms with E-state index in [1.807, 2.05) is 0 Å². The number of carbonyl (C=O) groups excluding carboxylic acids is 3. The predicted octanol–water partition coefficient (Wildman–Crippen LogP) is -0.566. The molecule has 9 heteroatoms. The Morgan fingerprint density at radius 3 is 2.46 bits per heavy atom. The van der Waals surface area contributed by atoms with E-state index in [0.717, 1.165) is 32.1 Å². The summed E-state index contributed by atoms with van der Waals surface area (Å²) in [7, 11) is 0. The molecule has 0 radical (unpaired) electrons. The van der Waals surface area contributed by atoms with Gasteiger partial charge in [0, 0.05) is 24.6 Å². The van der Waals surface area contributed by atoms with Crippen LogP contribution in [0, 0.1) is 0 Å². The van der Waals surface area contributed by atoms with Crippen molar-refractivity contribution in [3.63, 3.8) is 0 Å². The number of hydrogen-bond acceptors (Lipinski definition) is 5. The van der Waals surface area contributed by atoms with Gasteiger partial charge in [0.2, 0.25) is 11.8 Å². The minimum absolute atomic E-state index is 0.0379. The third-order valence-corrected chi connectivity index (χ3v) is 5.69. The quantitative estimate of drug-likeness (QED) is 0.379. The molecule has 0 aromatic carbocycles. The molecule has 3 rings (SSSR count). The van der Waals surface area contributed by atoms with E-state index in [1.54, 1.807) is 0 Å². The molecule has 4 atom stereocenters. The summed E-state index contributed by atoms with van der Waals surface area (Å²) >= 11 is 0. The number of amides is 4. The summed E-state index contributed by atoms with van der Waals surface area (Å²) in [5, 5.41) is 31.3. The average Bonchev–Trinajstić information content (AvgIpc) is 2.67. The van der Waals surface area contributed by atoms with Crippen molar-refractivity contribution in [2.24, 2.45) is 0 Å². The molecule has 9 nitrogen and oxygen atoms in total. The lowest BCUT2D eigenvalue weighted by Crippen LogP contribution is -2.55. The first kappa shape index (κ1) is 20.6. The maximum Gasteiger partial charge on any atom is 0.315 e. The summed E-state index contributed by atoms with van der Waals surface area (Å²) in [6, 6.07) is -1.80. The van der Waals surface area contributed by atoms with Crippen LogP contribution >= 0.6 is 0 Å². The standard InChI is InChI=1S/C19H30N4O5/c24-15-10-11(17(26)22-13-7-4-8-20-18(13)27)9-14(16(15)25)23-19(28)21-12-5-2-1-3-6-12/h9,12-16,24-25H,1-8,10H2,(H,20,27)(H,22,26)(H2,21,23,28)/t13-,14+,15+,16+/m0/s1. The molecule has 28 heavy (non-hydrogen) atoms. The van der Waals surface area contributed by atoms with Gasteiger partial charge in [-0.05, 0) is 25.7 Å². The second-order valence-corrected chi connectivity index (χ2v) is 7.89. The van der Waals surface area contributed by atoms with Crippen molar-refractivity contribution < 1.29 is 24.6 Å². The van der Waals surface area contributed by atoms with E-state index in [9.17, 15) is 24.6 Å². The topological polar surface area (TPSA) is 140 Å². The Morgan fingerprint density at radius 2 is 1.75 bits per heavy atom. The van der Waals surface area contributed by atoms with Crippen LogP contribution in [0.2, 0.25) is 0 Å². The van der Waals surface area contributed by atoms with Gasteiger partial charge in [0.25, 0.3) is 0 Å². The molecule has 0 unspecified atom stereocenters. The molecule has 2 aliphatic carbocycles. The van der Waals surface area contributed by atoms with Gasteiger partial charge in [0.1, 0.15) is 12.1 Å². The number of aliphatic hydroxyl groups is 2. The molecule has 1 aliphatic heterocycles. The third kappa shape index (κ3) is 5.23. The Labute approximate surface area is 164 Å². The molecule has 1 saturated carbocycles. The van der Waals surface area contributed by atoms with E-state index >= 15 is 0 Å². The van der Waals surface area contributed by atoms with E-state index in [4.69, 9.17) is 0 Å². The fourth-order valence-corrected chi connectivity index (χ4v) is 4.05. The Balaban J connectivity index is 1.60. The van der Waals surface area contributed by atoms with Crippen LogP contribution in [0.1, 0.15) is 51.4 Å². The molecule has 2 fully saturated rings. The lowest BCUT2D eigenvalue weighted by molar-refractivity contribution is -0.129. The summed E-state index contributed by atoms with van der Waals surface area (Å²) in [6.45, 7) is 0.598. The summed E-state index contributed by atoms with van der Waals surface area (Å²) in [4.78, 5) is 36.6. The highest BCUT2D eigenvalue weighted by Gasteiger charge is 2.35. The lowest BCUT2D eigenvalue weighted by atomic mass is 9.89. The highest BCUT2D eigenvalue weighted by atomic mass is 16.3. The summed E-state index contributed by atoms with van der Waals surface area (Å²) in [5.41, 5.74) is 0.249. The molecule has 0 aromatic heterocycles. The first-order valence-electron chi connectivity index (χ1n) is 10.2. The molecule has 0 spiro atoms. The second kappa shape index (κ2) is 9.38. The minimum atomic E-state index is -1.20. The predicted molar refractivity (Wildman–Crippen MR) is 101 cm³/mol. The highest BCUT2D eigenvalue weighted by molar-refractivity contribution is 5.97. The fourth-order valence-electron chi connectivity index (χ4n) is 4.05. The SMILES string of the molecule is O=C(NC1CCCCC1)N[C@@H]1C=C(C(=O)N[C@H]2CCCNC2=O)C[C@@H](O)[C@@H]1O. The summed E-state index contributed by atoms with van der Waals surface area (Å²) in [6.07, 6.45) is 5.57. The van der Waals surface area contributed by atoms with E-state index in [2.05, 4.69) is 21.3 Å². The largest absolute Gasteiger partial charge is 0.390 e. The first-order chi connectivity index (χ1) is 13.4. The Hall–Kier alpha value is -2.13. The van der Waals surface area contributed by atoms with Gasteiger partial charge in [0.05, 0.1) is 12.1 Å². The third-order valence-electron chi connectivity index (χ3n) is 5.69. The van der Waals surface area contributed by atoms with E-state index < -0.39 is 36.2 Å². The fraction of sp³-hybridized carbons (Fsp3) is 0.737. The van der Waals surface area contributed by atoms with Gasteiger partial charge in [-0.1, -0.05) is 25.3 Å². The Bertz CT molecular complexity index is 632. The average molecular weight is 394 g/mol. The van der Waals surface area contributed by atoms with Crippen molar-refractivity contribution in [3.8, 4) is 0 Å². The van der Waals surface area contributed by atoms with Crippen LogP contribution in [0.5, 0.6) is 0 Å². The van der Waals surface area contributed by atoms with Crippen LogP contribution in [0.15, 0.2) is 11.6 Å². The summed E-state index contributed by atoms with van der Waals surface area (Å²) in [5.74, 6) is -0.689. The van der Waals surface area contributed by atoms with Crippen molar-refractivity contribution in [3.05, 3.63) is 11.6 Å². The number of hydrogen-bond donors (Lipinski definition) is 6. The number of urea groups is 1. The molecular formula is C19H30N4O5. The smallest absolute Gasteiger partial charge is 0.315 e. The molecule has 6 N–H and O–H groups in total. The van der Waals surface area contributed by atoms with Gasteiger partial charge in [0.15, 0.2) is 0 Å². The highest BCUT2D eigenvalue weighted by Crippen LogP contribution is 2.21. The van der Waals surface area contributed by atoms with Crippen LogP contribution < -0.4 is 21.3 Å². The van der Waals surface area contributed by atoms with Gasteiger partial charge < -0.3 is 31.5 Å². The van der Waals surface area contributed by atoms with Crippen LogP contribution in [-0.4, -0.2) is 64.9 Å². The molecule has 3 aliphatic rings. The zero-order valence-corrected chi connectivity index (χ0v) is 15.9. The van der Waals surface area contributed by atoms with Crippen molar-refractivity contribution in [1.82, 2.24) is 21.3 Å². The second-order valence-electron chi connectivity index (χ2n) is 7.89. The molecular weight excluding hydrogens is 364 g/mol. The summed E-state index contributed by atoms with van der Waals surface area (Å²) < 4.78 is 0. The number of piperidine rings is 1. The Kier molecular flexibility index (Phi) is 6.90. The normalized spacial score (nSPS) is 31.4. The van der Waals surface area contributed by atoms with Crippen molar-refractivity contribution in [2.75, 3.05) is 6.54 Å². The van der Waals surface area contributed by atoms with E-state index in [-0.39, 0.29) is 23.9 Å². The van der Waals surface area contributed by atoms with Crippen LogP contribution in [0.3, 0.4) is 0 Å². The van der Waals surface area contributed by atoms with Crippen molar-refractivity contribution >= 4 is 17.8 Å². The first-order valence-corrected chi connectivity index (χ1v) is 10.2. The lowest BCUT2D eigenvalue weighted by Gasteiger charge is -2.32. The molecule has 1 heterocycles. The minimum Gasteiger partial charge on any atom is -0.390 e.